The molecule has 0 atom stereocenters. The molecule has 0 unspecified atom stereocenters. The highest BCUT2D eigenvalue weighted by Gasteiger charge is 2.19. The first-order valence-corrected chi connectivity index (χ1v) is 18.0. The molecule has 0 fully saturated rings. The lowest BCUT2D eigenvalue weighted by Gasteiger charge is -2.13. The summed E-state index contributed by atoms with van der Waals surface area (Å²) in [7, 11) is 0. The molecule has 4 heterocycles. The molecule has 5 heteroatoms. The van der Waals surface area contributed by atoms with E-state index >= 15 is 0 Å². The molecule has 0 amide bonds. The quantitative estimate of drug-likeness (QED) is 0.187. The Morgan fingerprint density at radius 2 is 1.06 bits per heavy atom. The van der Waals surface area contributed by atoms with Gasteiger partial charge < -0.3 is 9.13 Å². The van der Waals surface area contributed by atoms with Gasteiger partial charge in [-0.2, -0.15) is 0 Å². The van der Waals surface area contributed by atoms with Crippen LogP contribution in [0.15, 0.2) is 170 Å². The lowest BCUT2D eigenvalue weighted by atomic mass is 10.0. The predicted octanol–water partition coefficient (Wildman–Crippen LogP) is 12.4. The number of nitrogens with zero attached hydrogens (tertiary/aromatic N) is 4. The van der Waals surface area contributed by atoms with Crippen LogP contribution in [0.25, 0.3) is 97.8 Å². The summed E-state index contributed by atoms with van der Waals surface area (Å²) in [5.41, 5.74) is 11.2. The third-order valence-corrected chi connectivity index (χ3v) is 11.3. The Morgan fingerprint density at radius 3 is 1.80 bits per heavy atom. The zero-order valence-corrected chi connectivity index (χ0v) is 28.2. The average molecular weight is 669 g/mol. The SMILES string of the molecule is c1ccc(-c2ccc3c4ccccc4n(-c4ccccc4-c4ncc5sc6ccc(-n7c8ccccc8c8ccccc87)cc6c5n4)c3c2)cc1. The lowest BCUT2D eigenvalue weighted by Crippen LogP contribution is -1.99. The van der Waals surface area contributed by atoms with E-state index in [1.807, 2.05) is 6.20 Å². The first kappa shape index (κ1) is 28.3. The summed E-state index contributed by atoms with van der Waals surface area (Å²) in [5.74, 6) is 0.713. The lowest BCUT2D eigenvalue weighted by molar-refractivity contribution is 1.15. The summed E-state index contributed by atoms with van der Waals surface area (Å²) >= 11 is 1.74. The molecule has 238 valence electrons. The standard InChI is InChI=1S/C46H28N4S/c1-2-12-29(13-3-1)30-22-24-35-34-16-6-10-20-40(34)50(42(35)26-30)41-21-11-7-17-36(41)46-47-28-44-45(48-46)37-27-31(23-25-43(37)51-44)49-38-18-8-4-14-32(38)33-15-5-9-19-39(33)49/h1-28H. The van der Waals surface area contributed by atoms with Crippen molar-refractivity contribution in [1.29, 1.82) is 0 Å². The van der Waals surface area contributed by atoms with Crippen molar-refractivity contribution in [3.05, 3.63) is 170 Å². The van der Waals surface area contributed by atoms with Gasteiger partial charge in [-0.15, -0.1) is 11.3 Å². The van der Waals surface area contributed by atoms with E-state index in [0.29, 0.717) is 5.82 Å². The van der Waals surface area contributed by atoms with E-state index < -0.39 is 0 Å². The third kappa shape index (κ3) is 4.25. The van der Waals surface area contributed by atoms with E-state index in [9.17, 15) is 0 Å². The Labute approximate surface area is 297 Å². The fourth-order valence-corrected chi connectivity index (χ4v) is 8.91. The van der Waals surface area contributed by atoms with E-state index in [1.54, 1.807) is 11.3 Å². The highest BCUT2D eigenvalue weighted by molar-refractivity contribution is 7.25. The van der Waals surface area contributed by atoms with Gasteiger partial charge in [0.05, 0.1) is 38.0 Å². The molecule has 11 aromatic rings. The van der Waals surface area contributed by atoms with E-state index in [1.165, 1.54) is 48.4 Å². The van der Waals surface area contributed by atoms with Crippen LogP contribution in [0.4, 0.5) is 0 Å². The molecule has 4 nitrogen and oxygen atoms in total. The molecule has 51 heavy (non-hydrogen) atoms. The van der Waals surface area contributed by atoms with Crippen LogP contribution in [0.5, 0.6) is 0 Å². The molecule has 0 N–H and O–H groups in total. The van der Waals surface area contributed by atoms with Crippen molar-refractivity contribution >= 4 is 75.3 Å². The van der Waals surface area contributed by atoms with E-state index in [2.05, 4.69) is 173 Å². The minimum atomic E-state index is 0.713. The van der Waals surface area contributed by atoms with Gasteiger partial charge in [-0.1, -0.05) is 109 Å². The van der Waals surface area contributed by atoms with E-state index in [4.69, 9.17) is 9.97 Å². The smallest absolute Gasteiger partial charge is 0.161 e. The Bertz CT molecular complexity index is 3090. The van der Waals surface area contributed by atoms with Gasteiger partial charge in [0, 0.05) is 49.1 Å². The maximum Gasteiger partial charge on any atom is 0.161 e. The molecular formula is C46H28N4S. The highest BCUT2D eigenvalue weighted by Crippen LogP contribution is 2.40. The second-order valence-corrected chi connectivity index (χ2v) is 14.1. The molecule has 11 rings (SSSR count). The number of thiophene rings is 1. The van der Waals surface area contributed by atoms with Crippen LogP contribution in [0.2, 0.25) is 0 Å². The number of fused-ring (bicyclic) bond motifs is 9. The Balaban J connectivity index is 1.12. The van der Waals surface area contributed by atoms with Crippen LogP contribution in [0.3, 0.4) is 0 Å². The molecule has 7 aromatic carbocycles. The molecule has 0 aliphatic carbocycles. The topological polar surface area (TPSA) is 35.6 Å². The van der Waals surface area contributed by atoms with Gasteiger partial charge in [-0.05, 0) is 65.7 Å². The van der Waals surface area contributed by atoms with Gasteiger partial charge in [0.15, 0.2) is 5.82 Å². The summed E-state index contributed by atoms with van der Waals surface area (Å²) in [6, 6.07) is 58.7. The number of hydrogen-bond donors (Lipinski definition) is 0. The van der Waals surface area contributed by atoms with Crippen molar-refractivity contribution in [2.75, 3.05) is 0 Å². The molecule has 0 radical (unpaired) electrons. The maximum atomic E-state index is 5.35. The fraction of sp³-hybridized carbons (Fsp3) is 0. The Hall–Kier alpha value is -6.56. The number of aromatic nitrogens is 4. The molecule has 4 aromatic heterocycles. The van der Waals surface area contributed by atoms with Crippen LogP contribution in [0, 0.1) is 0 Å². The minimum Gasteiger partial charge on any atom is -0.309 e. The van der Waals surface area contributed by atoms with Gasteiger partial charge in [-0.25, -0.2) is 9.97 Å². The molecular weight excluding hydrogens is 641 g/mol. The largest absolute Gasteiger partial charge is 0.309 e. The number of benzene rings is 7. The second-order valence-electron chi connectivity index (χ2n) is 13.0. The van der Waals surface area contributed by atoms with E-state index in [-0.39, 0.29) is 0 Å². The van der Waals surface area contributed by atoms with Crippen LogP contribution in [-0.2, 0) is 0 Å². The van der Waals surface area contributed by atoms with Crippen molar-refractivity contribution < 1.29 is 0 Å². The van der Waals surface area contributed by atoms with Crippen LogP contribution >= 0.6 is 11.3 Å². The normalized spacial score (nSPS) is 11.9. The molecule has 0 saturated carbocycles. The van der Waals surface area contributed by atoms with Crippen molar-refractivity contribution in [1.82, 2.24) is 19.1 Å². The molecule has 0 bridgehead atoms. The summed E-state index contributed by atoms with van der Waals surface area (Å²) in [6.45, 7) is 0. The second kappa shape index (κ2) is 11.0. The molecule has 0 spiro atoms. The molecule has 0 aliphatic heterocycles. The van der Waals surface area contributed by atoms with Crippen molar-refractivity contribution in [3.8, 4) is 33.9 Å². The highest BCUT2D eigenvalue weighted by atomic mass is 32.1. The van der Waals surface area contributed by atoms with Gasteiger partial charge in [-0.3, -0.25) is 0 Å². The van der Waals surface area contributed by atoms with Crippen LogP contribution < -0.4 is 0 Å². The first-order valence-electron chi connectivity index (χ1n) is 17.2. The summed E-state index contributed by atoms with van der Waals surface area (Å²) in [4.78, 5) is 10.4. The number of rotatable bonds is 4. The Morgan fingerprint density at radius 1 is 0.431 bits per heavy atom. The zero-order valence-electron chi connectivity index (χ0n) is 27.4. The molecule has 0 aliphatic rings. The van der Waals surface area contributed by atoms with Crippen molar-refractivity contribution in [2.45, 2.75) is 0 Å². The fourth-order valence-electron chi connectivity index (χ4n) is 7.92. The summed E-state index contributed by atoms with van der Waals surface area (Å²) in [5, 5.41) is 6.09. The van der Waals surface area contributed by atoms with Crippen LogP contribution in [-0.4, -0.2) is 19.1 Å². The first-order chi connectivity index (χ1) is 25.3. The van der Waals surface area contributed by atoms with Crippen molar-refractivity contribution in [3.63, 3.8) is 0 Å². The predicted molar refractivity (Wildman–Crippen MR) is 214 cm³/mol. The minimum absolute atomic E-state index is 0.713. The van der Waals surface area contributed by atoms with Gasteiger partial charge in [0.25, 0.3) is 0 Å². The maximum absolute atomic E-state index is 5.35. The van der Waals surface area contributed by atoms with Gasteiger partial charge >= 0.3 is 0 Å². The zero-order chi connectivity index (χ0) is 33.5. The number of para-hydroxylation sites is 4. The summed E-state index contributed by atoms with van der Waals surface area (Å²) < 4.78 is 7.03. The van der Waals surface area contributed by atoms with Gasteiger partial charge in [0.2, 0.25) is 0 Å². The number of hydrogen-bond acceptors (Lipinski definition) is 3. The average Bonchev–Trinajstić information content (AvgIpc) is 3.85. The monoisotopic (exact) mass is 668 g/mol. The van der Waals surface area contributed by atoms with Gasteiger partial charge in [0.1, 0.15) is 0 Å². The van der Waals surface area contributed by atoms with Crippen LogP contribution in [0.1, 0.15) is 0 Å². The third-order valence-electron chi connectivity index (χ3n) is 10.2. The van der Waals surface area contributed by atoms with E-state index in [0.717, 1.165) is 43.6 Å². The van der Waals surface area contributed by atoms with Crippen molar-refractivity contribution in [2.24, 2.45) is 0 Å². The Kier molecular flexibility index (Phi) is 6.09. The molecule has 0 saturated heterocycles. The summed E-state index contributed by atoms with van der Waals surface area (Å²) in [6.07, 6.45) is 2.00.